The summed E-state index contributed by atoms with van der Waals surface area (Å²) in [6.07, 6.45) is 10.5. The van der Waals surface area contributed by atoms with Crippen LogP contribution in [0.25, 0.3) is 0 Å². The quantitative estimate of drug-likeness (QED) is 0.601. The van der Waals surface area contributed by atoms with E-state index in [9.17, 15) is 4.79 Å². The summed E-state index contributed by atoms with van der Waals surface area (Å²) < 4.78 is 0. The van der Waals surface area contributed by atoms with Crippen molar-refractivity contribution in [1.29, 1.82) is 0 Å². The molecule has 0 aliphatic carbocycles. The minimum Gasteiger partial charge on any atom is -0.349 e. The number of amides is 1. The summed E-state index contributed by atoms with van der Waals surface area (Å²) >= 11 is 5.55. The summed E-state index contributed by atoms with van der Waals surface area (Å²) in [5.74, 6) is 0.123. The van der Waals surface area contributed by atoms with Crippen LogP contribution in [0, 0.1) is 0 Å². The number of rotatable bonds is 5. The van der Waals surface area contributed by atoms with Gasteiger partial charge in [-0.15, -0.1) is 0 Å². The first-order valence-electron chi connectivity index (χ1n) is 9.03. The maximum Gasteiger partial charge on any atom is 0.238 e. The average Bonchev–Trinajstić information content (AvgIpc) is 2.98. The normalized spacial score (nSPS) is 19.3. The van der Waals surface area contributed by atoms with Gasteiger partial charge in [0.1, 0.15) is 0 Å². The Hall–Kier alpha value is -2.51. The van der Waals surface area contributed by atoms with Crippen molar-refractivity contribution < 1.29 is 4.79 Å². The Labute approximate surface area is 165 Å². The first-order chi connectivity index (χ1) is 13.1. The Balaban J connectivity index is 1.64. The molecule has 3 heterocycles. The smallest absolute Gasteiger partial charge is 0.238 e. The molecule has 2 fully saturated rings. The molecule has 0 radical (unpaired) electrons. The van der Waals surface area contributed by atoms with E-state index in [1.54, 1.807) is 24.5 Å². The van der Waals surface area contributed by atoms with Gasteiger partial charge in [-0.05, 0) is 29.9 Å². The van der Waals surface area contributed by atoms with Crippen LogP contribution in [0.2, 0.25) is 0 Å². The van der Waals surface area contributed by atoms with Crippen molar-refractivity contribution in [1.82, 2.24) is 20.1 Å². The van der Waals surface area contributed by atoms with Gasteiger partial charge in [0.25, 0.3) is 0 Å². The highest BCUT2D eigenvalue weighted by molar-refractivity contribution is 7.80. The molecule has 0 bridgehead atoms. The molecule has 2 aliphatic rings. The fraction of sp³-hybridized carbons (Fsp3) is 0.350. The zero-order chi connectivity index (χ0) is 19.3. The van der Waals surface area contributed by atoms with Crippen LogP contribution in [0.4, 0.5) is 5.69 Å². The second-order valence-corrected chi connectivity index (χ2v) is 7.09. The van der Waals surface area contributed by atoms with Gasteiger partial charge in [-0.3, -0.25) is 15.1 Å². The minimum absolute atomic E-state index is 0.123. The minimum atomic E-state index is -0.316. The molecule has 2 saturated heterocycles. The van der Waals surface area contributed by atoms with Crippen molar-refractivity contribution in [2.24, 2.45) is 0 Å². The molecule has 142 valence electrons. The van der Waals surface area contributed by atoms with Gasteiger partial charge in [0.15, 0.2) is 5.11 Å². The molecule has 1 aromatic rings. The molecule has 0 atom stereocenters. The predicted molar refractivity (Wildman–Crippen MR) is 112 cm³/mol. The molecule has 2 N–H and O–H groups in total. The molecule has 3 rings (SSSR count). The van der Waals surface area contributed by atoms with Gasteiger partial charge in [-0.1, -0.05) is 31.4 Å². The van der Waals surface area contributed by atoms with Crippen LogP contribution in [0.1, 0.15) is 12.8 Å². The van der Waals surface area contributed by atoms with Crippen LogP contribution in [-0.2, 0) is 4.79 Å². The number of hydrogen-bond acceptors (Lipinski definition) is 4. The topological polar surface area (TPSA) is 60.5 Å². The van der Waals surface area contributed by atoms with E-state index in [1.165, 1.54) is 0 Å². The van der Waals surface area contributed by atoms with E-state index in [1.807, 2.05) is 23.1 Å². The fourth-order valence-corrected chi connectivity index (χ4v) is 3.89. The van der Waals surface area contributed by atoms with Crippen LogP contribution in [0.5, 0.6) is 0 Å². The van der Waals surface area contributed by atoms with Gasteiger partial charge in [-0.25, -0.2) is 0 Å². The highest BCUT2D eigenvalue weighted by Gasteiger charge is 2.46. The first kappa shape index (κ1) is 19.3. The molecular formula is C20H25N5OS. The Morgan fingerprint density at radius 2 is 2.04 bits per heavy atom. The van der Waals surface area contributed by atoms with Crippen LogP contribution in [0.15, 0.2) is 61.5 Å². The lowest BCUT2D eigenvalue weighted by Gasteiger charge is -2.45. The summed E-state index contributed by atoms with van der Waals surface area (Å²) in [5.41, 5.74) is 1.60. The maximum atomic E-state index is 12.5. The van der Waals surface area contributed by atoms with Crippen LogP contribution in [-0.4, -0.2) is 57.6 Å². The first-order valence-corrected chi connectivity index (χ1v) is 9.44. The number of likely N-dealkylation sites (tertiary alicyclic amines) is 1. The van der Waals surface area contributed by atoms with Gasteiger partial charge in [0.05, 0.1) is 12.2 Å². The zero-order valence-corrected chi connectivity index (χ0v) is 16.2. The van der Waals surface area contributed by atoms with Crippen molar-refractivity contribution in [3.63, 3.8) is 0 Å². The number of aromatic nitrogens is 1. The molecule has 0 unspecified atom stereocenters. The summed E-state index contributed by atoms with van der Waals surface area (Å²) in [7, 11) is 0. The van der Waals surface area contributed by atoms with Gasteiger partial charge in [-0.2, -0.15) is 0 Å². The third-order valence-electron chi connectivity index (χ3n) is 5.13. The number of thiocarbonyl (C=S) groups is 1. The second kappa shape index (κ2) is 8.45. The number of nitrogens with zero attached hydrogens (tertiary/aromatic N) is 3. The second-order valence-electron chi connectivity index (χ2n) is 6.70. The van der Waals surface area contributed by atoms with Crippen molar-refractivity contribution in [3.8, 4) is 0 Å². The molecule has 1 spiro atoms. The number of hydrogen-bond donors (Lipinski definition) is 2. The third kappa shape index (κ3) is 4.26. The Morgan fingerprint density at radius 1 is 1.33 bits per heavy atom. The lowest BCUT2D eigenvalue weighted by Crippen LogP contribution is -2.59. The summed E-state index contributed by atoms with van der Waals surface area (Å²) in [6, 6.07) is 3.78. The molecule has 6 nitrogen and oxygen atoms in total. The van der Waals surface area contributed by atoms with E-state index in [2.05, 4.69) is 33.7 Å². The molecule has 0 aromatic carbocycles. The Morgan fingerprint density at radius 3 is 2.67 bits per heavy atom. The van der Waals surface area contributed by atoms with E-state index < -0.39 is 0 Å². The number of carbonyl (C=O) groups is 1. The number of piperidine rings is 1. The van der Waals surface area contributed by atoms with Crippen molar-refractivity contribution in [2.75, 3.05) is 31.5 Å². The van der Waals surface area contributed by atoms with Crippen LogP contribution in [0.3, 0.4) is 0 Å². The molecule has 2 aliphatic heterocycles. The SMILES string of the molecule is C=C/C=C(\C=C)CN1C(=O)CNC12CCN(C(=S)Nc1ccncc1)CC2. The van der Waals surface area contributed by atoms with Gasteiger partial charge in [0, 0.05) is 50.6 Å². The summed E-state index contributed by atoms with van der Waals surface area (Å²) in [6.45, 7) is 10.1. The van der Waals surface area contributed by atoms with Crippen molar-refractivity contribution >= 4 is 28.9 Å². The zero-order valence-electron chi connectivity index (χ0n) is 15.4. The van der Waals surface area contributed by atoms with Gasteiger partial charge >= 0.3 is 0 Å². The number of carbonyl (C=O) groups excluding carboxylic acids is 1. The molecule has 7 heteroatoms. The fourth-order valence-electron chi connectivity index (χ4n) is 3.59. The third-order valence-corrected chi connectivity index (χ3v) is 5.49. The van der Waals surface area contributed by atoms with Crippen LogP contribution >= 0.6 is 12.2 Å². The van der Waals surface area contributed by atoms with E-state index in [0.717, 1.165) is 37.2 Å². The summed E-state index contributed by atoms with van der Waals surface area (Å²) in [4.78, 5) is 20.6. The molecule has 1 aromatic heterocycles. The monoisotopic (exact) mass is 383 g/mol. The predicted octanol–water partition coefficient (Wildman–Crippen LogP) is 2.30. The Kier molecular flexibility index (Phi) is 6.03. The lowest BCUT2D eigenvalue weighted by atomic mass is 9.95. The molecule has 0 saturated carbocycles. The largest absolute Gasteiger partial charge is 0.349 e. The van der Waals surface area contributed by atoms with E-state index >= 15 is 0 Å². The maximum absolute atomic E-state index is 12.5. The highest BCUT2D eigenvalue weighted by atomic mass is 32.1. The van der Waals surface area contributed by atoms with Gasteiger partial charge < -0.3 is 15.1 Å². The van der Waals surface area contributed by atoms with Gasteiger partial charge in [0.2, 0.25) is 5.91 Å². The van der Waals surface area contributed by atoms with E-state index in [-0.39, 0.29) is 11.6 Å². The standard InChI is InChI=1S/C20H25N5OS/c1-3-5-16(4-2)15-25-18(26)14-22-20(25)8-12-24(13-9-20)19(27)23-17-6-10-21-11-7-17/h3-7,10-11,22H,1-2,8-9,12-15H2,(H,21,23,27)/b16-5+. The molecule has 27 heavy (non-hydrogen) atoms. The van der Waals surface area contributed by atoms with Crippen LogP contribution < -0.4 is 10.6 Å². The average molecular weight is 384 g/mol. The number of anilines is 1. The van der Waals surface area contributed by atoms with E-state index in [4.69, 9.17) is 12.2 Å². The molecule has 1 amide bonds. The number of pyridine rings is 1. The lowest BCUT2D eigenvalue weighted by molar-refractivity contribution is -0.130. The van der Waals surface area contributed by atoms with E-state index in [0.29, 0.717) is 18.2 Å². The molecular weight excluding hydrogens is 358 g/mol. The summed E-state index contributed by atoms with van der Waals surface area (Å²) in [5, 5.41) is 7.39. The number of nitrogens with one attached hydrogen (secondary N) is 2. The van der Waals surface area contributed by atoms with Crippen molar-refractivity contribution in [2.45, 2.75) is 18.5 Å². The number of allylic oxidation sites excluding steroid dienone is 2. The van der Waals surface area contributed by atoms with Crippen molar-refractivity contribution in [3.05, 3.63) is 61.5 Å². The highest BCUT2D eigenvalue weighted by Crippen LogP contribution is 2.31. The Bertz CT molecular complexity index is 753.